The summed E-state index contributed by atoms with van der Waals surface area (Å²) in [4.78, 5) is 0. The Morgan fingerprint density at radius 2 is 2.36 bits per heavy atom. The molecule has 2 atom stereocenters. The van der Waals surface area contributed by atoms with E-state index in [1.165, 1.54) is 0 Å². The fraction of sp³-hybridized carbons (Fsp3) is 0.875. The van der Waals surface area contributed by atoms with Gasteiger partial charge in [-0.05, 0) is 19.8 Å². The third-order valence-electron chi connectivity index (χ3n) is 2.13. The first-order valence-electron chi connectivity index (χ1n) is 3.80. The van der Waals surface area contributed by atoms with Crippen molar-refractivity contribution in [2.45, 2.75) is 37.9 Å². The molecule has 0 unspecified atom stereocenters. The average molecular weight is 150 g/mol. The first-order chi connectivity index (χ1) is 4.67. The average Bonchev–Trinajstić information content (AvgIpc) is 2.38. The molecule has 3 heteroatoms. The molecule has 60 valence electrons. The minimum atomic E-state index is -0.712. The Morgan fingerprint density at radius 1 is 1.73 bits per heavy atom. The maximum atomic E-state index is 9.64. The number of hydrogen-bond acceptors (Lipinski definition) is 2. The van der Waals surface area contributed by atoms with Crippen LogP contribution in [0.3, 0.4) is 0 Å². The van der Waals surface area contributed by atoms with Crippen LogP contribution < -0.4 is 18.9 Å². The van der Waals surface area contributed by atoms with Gasteiger partial charge in [0.2, 0.25) is 0 Å². The summed E-state index contributed by atoms with van der Waals surface area (Å²) in [5.41, 5.74) is -0.712. The summed E-state index contributed by atoms with van der Waals surface area (Å²) in [5, 5.41) is 9.64. The van der Waals surface area contributed by atoms with Gasteiger partial charge >= 0.3 is 18.9 Å². The molecule has 0 aromatic heterocycles. The van der Waals surface area contributed by atoms with E-state index in [0.29, 0.717) is 6.42 Å². The maximum Gasteiger partial charge on any atom is 1.00 e. The van der Waals surface area contributed by atoms with Crippen molar-refractivity contribution in [3.63, 3.8) is 0 Å². The number of ether oxygens (including phenoxy) is 1. The van der Waals surface area contributed by atoms with Gasteiger partial charge in [-0.15, -0.1) is 0 Å². The van der Waals surface area contributed by atoms with E-state index in [1.54, 1.807) is 6.92 Å². The van der Waals surface area contributed by atoms with Gasteiger partial charge in [0.1, 0.15) is 0 Å². The van der Waals surface area contributed by atoms with Crippen molar-refractivity contribution in [3.05, 3.63) is 6.92 Å². The van der Waals surface area contributed by atoms with Gasteiger partial charge in [0.25, 0.3) is 0 Å². The van der Waals surface area contributed by atoms with Crippen LogP contribution in [-0.2, 0) is 4.74 Å². The predicted octanol–water partition coefficient (Wildman–Crippen LogP) is -1.86. The Labute approximate surface area is 80.5 Å². The van der Waals surface area contributed by atoms with E-state index in [4.69, 9.17) is 4.74 Å². The molecule has 1 fully saturated rings. The van der Waals surface area contributed by atoms with Crippen molar-refractivity contribution in [3.8, 4) is 0 Å². The fourth-order valence-corrected chi connectivity index (χ4v) is 1.23. The second-order valence-corrected chi connectivity index (χ2v) is 3.11. The van der Waals surface area contributed by atoms with Crippen LogP contribution >= 0.6 is 0 Å². The van der Waals surface area contributed by atoms with Gasteiger partial charge in [-0.1, -0.05) is 0 Å². The second-order valence-electron chi connectivity index (χ2n) is 3.11. The van der Waals surface area contributed by atoms with E-state index in [0.717, 1.165) is 19.4 Å². The van der Waals surface area contributed by atoms with Gasteiger partial charge in [0.15, 0.2) is 0 Å². The van der Waals surface area contributed by atoms with Crippen molar-refractivity contribution in [2.75, 3.05) is 6.61 Å². The monoisotopic (exact) mass is 150 g/mol. The number of aliphatic hydroxyl groups is 1. The zero-order chi connectivity index (χ0) is 7.61. The molecule has 0 aromatic carbocycles. The van der Waals surface area contributed by atoms with Crippen molar-refractivity contribution >= 4 is 0 Å². The molecule has 0 saturated carbocycles. The van der Waals surface area contributed by atoms with E-state index in [9.17, 15) is 5.11 Å². The van der Waals surface area contributed by atoms with E-state index in [1.807, 2.05) is 0 Å². The van der Waals surface area contributed by atoms with Crippen LogP contribution in [0.1, 0.15) is 26.2 Å². The van der Waals surface area contributed by atoms with Gasteiger partial charge in [-0.3, -0.25) is 0 Å². The van der Waals surface area contributed by atoms with Crippen LogP contribution in [0.15, 0.2) is 0 Å². The number of hydrogen-bond donors (Lipinski definition) is 1. The summed E-state index contributed by atoms with van der Waals surface area (Å²) in [6.45, 7) is 6.25. The first-order valence-corrected chi connectivity index (χ1v) is 3.80. The molecule has 0 aromatic rings. The Balaban J connectivity index is 0.000001000. The van der Waals surface area contributed by atoms with Crippen LogP contribution in [0.5, 0.6) is 0 Å². The molecule has 0 aliphatic carbocycles. The van der Waals surface area contributed by atoms with Crippen molar-refractivity contribution in [2.24, 2.45) is 0 Å². The molecule has 0 radical (unpaired) electrons. The van der Waals surface area contributed by atoms with E-state index >= 15 is 0 Å². The van der Waals surface area contributed by atoms with Crippen molar-refractivity contribution < 1.29 is 28.7 Å². The van der Waals surface area contributed by atoms with E-state index in [2.05, 4.69) is 6.92 Å². The topological polar surface area (TPSA) is 29.5 Å². The summed E-state index contributed by atoms with van der Waals surface area (Å²) in [7, 11) is 0. The largest absolute Gasteiger partial charge is 1.00 e. The maximum absolute atomic E-state index is 9.64. The summed E-state index contributed by atoms with van der Waals surface area (Å²) in [5.74, 6) is 0. The van der Waals surface area contributed by atoms with Crippen LogP contribution in [0, 0.1) is 6.92 Å². The van der Waals surface area contributed by atoms with Gasteiger partial charge < -0.3 is 16.8 Å². The van der Waals surface area contributed by atoms with Crippen molar-refractivity contribution in [1.29, 1.82) is 0 Å². The molecule has 1 rings (SSSR count). The molecule has 1 aliphatic heterocycles. The normalized spacial score (nSPS) is 29.2. The smallest absolute Gasteiger partial charge is 0.390 e. The summed E-state index contributed by atoms with van der Waals surface area (Å²) >= 11 is 0. The minimum Gasteiger partial charge on any atom is -0.390 e. The molecule has 2 nitrogen and oxygen atoms in total. The molecule has 11 heavy (non-hydrogen) atoms. The Hall–Kier alpha value is 0.517. The molecular formula is C8H15LiO2. The Morgan fingerprint density at radius 3 is 2.73 bits per heavy atom. The van der Waals surface area contributed by atoms with Gasteiger partial charge in [0.05, 0.1) is 11.7 Å². The van der Waals surface area contributed by atoms with E-state index < -0.39 is 5.60 Å². The second kappa shape index (κ2) is 4.52. The van der Waals surface area contributed by atoms with Crippen LogP contribution in [-0.4, -0.2) is 23.4 Å². The Kier molecular flexibility index (Phi) is 4.73. The third kappa shape index (κ3) is 2.80. The molecule has 0 amide bonds. The molecule has 1 aliphatic rings. The molecule has 0 spiro atoms. The summed E-state index contributed by atoms with van der Waals surface area (Å²) in [6.07, 6.45) is 2.59. The molecule has 0 bridgehead atoms. The predicted molar refractivity (Wildman–Crippen MR) is 39.6 cm³/mol. The molecule has 1 heterocycles. The zero-order valence-electron chi connectivity index (χ0n) is 7.47. The van der Waals surface area contributed by atoms with Gasteiger partial charge in [0, 0.05) is 6.61 Å². The minimum absolute atomic E-state index is 0. The van der Waals surface area contributed by atoms with Crippen LogP contribution in [0.2, 0.25) is 0 Å². The Bertz CT molecular complexity index is 109. The quantitative estimate of drug-likeness (QED) is 0.369. The third-order valence-corrected chi connectivity index (χ3v) is 2.13. The number of rotatable bonds is 2. The van der Waals surface area contributed by atoms with Crippen molar-refractivity contribution in [1.82, 2.24) is 0 Å². The summed E-state index contributed by atoms with van der Waals surface area (Å²) < 4.78 is 5.32. The van der Waals surface area contributed by atoms with E-state index in [-0.39, 0.29) is 25.0 Å². The zero-order valence-corrected chi connectivity index (χ0v) is 7.47. The van der Waals surface area contributed by atoms with Gasteiger partial charge in [-0.25, -0.2) is 0 Å². The summed E-state index contributed by atoms with van der Waals surface area (Å²) in [6, 6.07) is 0. The van der Waals surface area contributed by atoms with Gasteiger partial charge in [-0.2, -0.15) is 6.42 Å². The molecule has 1 N–H and O–H groups in total. The molecular weight excluding hydrogens is 135 g/mol. The molecule has 1 saturated heterocycles. The first kappa shape index (κ1) is 11.5. The van der Waals surface area contributed by atoms with Crippen LogP contribution in [0.4, 0.5) is 0 Å². The fourth-order valence-electron chi connectivity index (χ4n) is 1.23. The standard InChI is InChI=1S/C8H15O2.Li/c1-3-8(2,9)7-5-4-6-10-7;/h7,9H,1,3-6H2,2H3;/q-1;+1/t7-,8+;/m0./s1. The van der Waals surface area contributed by atoms with Crippen LogP contribution in [0.25, 0.3) is 0 Å². The SMILES string of the molecule is [CH2-]C[C@@](C)(O)[C@@H]1CCCO1.[Li+].